The first kappa shape index (κ1) is 13.4. The van der Waals surface area contributed by atoms with Gasteiger partial charge in [-0.1, -0.05) is 12.1 Å². The molecule has 0 aromatic heterocycles. The third-order valence-corrected chi connectivity index (χ3v) is 2.77. The highest BCUT2D eigenvalue weighted by molar-refractivity contribution is 5.40. The first-order valence-corrected chi connectivity index (χ1v) is 5.97. The molecule has 0 fully saturated rings. The van der Waals surface area contributed by atoms with Crippen LogP contribution in [-0.2, 0) is 13.2 Å². The van der Waals surface area contributed by atoms with E-state index in [0.29, 0.717) is 18.9 Å². The standard InChI is InChI=1S/C15H16FNO2/c1-18-14-5-6-15(12(8-14)9-17)19-10-11-3-2-4-13(16)7-11/h2-8H,9-10,17H2,1H3. The van der Waals surface area contributed by atoms with Gasteiger partial charge in [-0.15, -0.1) is 0 Å². The van der Waals surface area contributed by atoms with Crippen molar-refractivity contribution in [3.8, 4) is 11.5 Å². The van der Waals surface area contributed by atoms with E-state index >= 15 is 0 Å². The van der Waals surface area contributed by atoms with Gasteiger partial charge in [0.05, 0.1) is 7.11 Å². The van der Waals surface area contributed by atoms with Crippen LogP contribution < -0.4 is 15.2 Å². The van der Waals surface area contributed by atoms with Gasteiger partial charge in [0.1, 0.15) is 23.9 Å². The number of ether oxygens (including phenoxy) is 2. The Morgan fingerprint density at radius 3 is 2.68 bits per heavy atom. The number of nitrogens with two attached hydrogens (primary N) is 1. The number of benzene rings is 2. The summed E-state index contributed by atoms with van der Waals surface area (Å²) in [6, 6.07) is 11.8. The van der Waals surface area contributed by atoms with Crippen molar-refractivity contribution < 1.29 is 13.9 Å². The maximum Gasteiger partial charge on any atom is 0.124 e. The van der Waals surface area contributed by atoms with Crippen LogP contribution in [0.5, 0.6) is 11.5 Å². The minimum atomic E-state index is -0.269. The van der Waals surface area contributed by atoms with E-state index in [-0.39, 0.29) is 5.82 Å². The molecule has 0 aliphatic heterocycles. The molecule has 2 aromatic carbocycles. The van der Waals surface area contributed by atoms with Gasteiger partial charge >= 0.3 is 0 Å². The van der Waals surface area contributed by atoms with Gasteiger partial charge in [0, 0.05) is 12.1 Å². The maximum atomic E-state index is 13.0. The first-order valence-electron chi connectivity index (χ1n) is 5.97. The Kier molecular flexibility index (Phi) is 4.36. The van der Waals surface area contributed by atoms with E-state index in [0.717, 1.165) is 16.9 Å². The highest BCUT2D eigenvalue weighted by Crippen LogP contribution is 2.24. The van der Waals surface area contributed by atoms with E-state index in [1.165, 1.54) is 12.1 Å². The molecule has 2 rings (SSSR count). The Labute approximate surface area is 111 Å². The normalized spacial score (nSPS) is 10.3. The van der Waals surface area contributed by atoms with E-state index in [1.54, 1.807) is 25.3 Å². The lowest BCUT2D eigenvalue weighted by molar-refractivity contribution is 0.301. The second-order valence-electron chi connectivity index (χ2n) is 4.10. The average molecular weight is 261 g/mol. The van der Waals surface area contributed by atoms with E-state index < -0.39 is 0 Å². The molecule has 0 atom stereocenters. The third-order valence-electron chi connectivity index (χ3n) is 2.77. The summed E-state index contributed by atoms with van der Waals surface area (Å²) in [6.45, 7) is 0.659. The zero-order valence-corrected chi connectivity index (χ0v) is 10.7. The van der Waals surface area contributed by atoms with Crippen LogP contribution in [0.2, 0.25) is 0 Å². The number of halogens is 1. The minimum Gasteiger partial charge on any atom is -0.497 e. The van der Waals surface area contributed by atoms with Crippen LogP contribution in [0.3, 0.4) is 0 Å². The molecule has 0 bridgehead atoms. The predicted molar refractivity (Wildman–Crippen MR) is 71.6 cm³/mol. The summed E-state index contributed by atoms with van der Waals surface area (Å²) in [7, 11) is 1.60. The zero-order valence-electron chi connectivity index (χ0n) is 10.7. The van der Waals surface area contributed by atoms with Crippen molar-refractivity contribution in [3.63, 3.8) is 0 Å². The summed E-state index contributed by atoms with van der Waals surface area (Å²) in [5, 5.41) is 0. The minimum absolute atomic E-state index is 0.269. The maximum absolute atomic E-state index is 13.0. The fourth-order valence-electron chi connectivity index (χ4n) is 1.77. The molecule has 0 aliphatic carbocycles. The Morgan fingerprint density at radius 1 is 1.16 bits per heavy atom. The van der Waals surface area contributed by atoms with Crippen LogP contribution in [0.1, 0.15) is 11.1 Å². The molecule has 0 amide bonds. The summed E-state index contributed by atoms with van der Waals surface area (Å²) >= 11 is 0. The van der Waals surface area contributed by atoms with Gasteiger partial charge in [0.2, 0.25) is 0 Å². The van der Waals surface area contributed by atoms with Gasteiger partial charge in [-0.3, -0.25) is 0 Å². The largest absolute Gasteiger partial charge is 0.497 e. The Morgan fingerprint density at radius 2 is 2.00 bits per heavy atom. The van der Waals surface area contributed by atoms with Crippen molar-refractivity contribution >= 4 is 0 Å². The molecule has 0 aliphatic rings. The molecule has 4 heteroatoms. The van der Waals surface area contributed by atoms with Crippen molar-refractivity contribution in [1.29, 1.82) is 0 Å². The van der Waals surface area contributed by atoms with Crippen molar-refractivity contribution in [2.24, 2.45) is 5.73 Å². The van der Waals surface area contributed by atoms with Crippen LogP contribution in [0, 0.1) is 5.82 Å². The van der Waals surface area contributed by atoms with Crippen molar-refractivity contribution in [3.05, 3.63) is 59.4 Å². The average Bonchev–Trinajstić information content (AvgIpc) is 2.45. The molecule has 0 saturated carbocycles. The Balaban J connectivity index is 2.11. The Hall–Kier alpha value is -2.07. The van der Waals surface area contributed by atoms with Crippen molar-refractivity contribution in [2.75, 3.05) is 7.11 Å². The molecule has 100 valence electrons. The van der Waals surface area contributed by atoms with E-state index in [9.17, 15) is 4.39 Å². The van der Waals surface area contributed by atoms with Crippen LogP contribution >= 0.6 is 0 Å². The number of hydrogen-bond donors (Lipinski definition) is 1. The van der Waals surface area contributed by atoms with Crippen molar-refractivity contribution in [1.82, 2.24) is 0 Å². The smallest absolute Gasteiger partial charge is 0.124 e. The topological polar surface area (TPSA) is 44.5 Å². The van der Waals surface area contributed by atoms with Gasteiger partial charge in [-0.25, -0.2) is 4.39 Å². The summed E-state index contributed by atoms with van der Waals surface area (Å²) in [5.41, 5.74) is 7.31. The number of hydrogen-bond acceptors (Lipinski definition) is 3. The summed E-state index contributed by atoms with van der Waals surface area (Å²) in [4.78, 5) is 0. The monoisotopic (exact) mass is 261 g/mol. The highest BCUT2D eigenvalue weighted by atomic mass is 19.1. The van der Waals surface area contributed by atoms with Gasteiger partial charge in [-0.05, 0) is 35.9 Å². The van der Waals surface area contributed by atoms with Gasteiger partial charge < -0.3 is 15.2 Å². The third kappa shape index (κ3) is 3.45. The number of methoxy groups -OCH3 is 1. The summed E-state index contributed by atoms with van der Waals surface area (Å²) < 4.78 is 23.8. The van der Waals surface area contributed by atoms with Gasteiger partial charge in [0.15, 0.2) is 0 Å². The quantitative estimate of drug-likeness (QED) is 0.900. The summed E-state index contributed by atoms with van der Waals surface area (Å²) in [5.74, 6) is 1.15. The van der Waals surface area contributed by atoms with Gasteiger partial charge in [0.25, 0.3) is 0 Å². The van der Waals surface area contributed by atoms with Crippen LogP contribution in [0.15, 0.2) is 42.5 Å². The van der Waals surface area contributed by atoms with Crippen molar-refractivity contribution in [2.45, 2.75) is 13.2 Å². The second kappa shape index (κ2) is 6.20. The molecule has 3 nitrogen and oxygen atoms in total. The SMILES string of the molecule is COc1ccc(OCc2cccc(F)c2)c(CN)c1. The first-order chi connectivity index (χ1) is 9.22. The molecule has 0 spiro atoms. The lowest BCUT2D eigenvalue weighted by Gasteiger charge is -2.12. The Bertz CT molecular complexity index is 558. The predicted octanol–water partition coefficient (Wildman–Crippen LogP) is 2.87. The highest BCUT2D eigenvalue weighted by Gasteiger charge is 2.05. The van der Waals surface area contributed by atoms with Crippen LogP contribution in [0.4, 0.5) is 4.39 Å². The molecule has 19 heavy (non-hydrogen) atoms. The van der Waals surface area contributed by atoms with E-state index in [1.807, 2.05) is 12.1 Å². The fourth-order valence-corrected chi connectivity index (χ4v) is 1.77. The van der Waals surface area contributed by atoms with E-state index in [2.05, 4.69) is 0 Å². The molecule has 2 aromatic rings. The fraction of sp³-hybridized carbons (Fsp3) is 0.200. The van der Waals surface area contributed by atoms with Crippen LogP contribution in [-0.4, -0.2) is 7.11 Å². The molecule has 0 unspecified atom stereocenters. The molecule has 2 N–H and O–H groups in total. The molecular formula is C15H16FNO2. The zero-order chi connectivity index (χ0) is 13.7. The molecule has 0 saturated heterocycles. The number of rotatable bonds is 5. The lowest BCUT2D eigenvalue weighted by atomic mass is 10.2. The summed E-state index contributed by atoms with van der Waals surface area (Å²) in [6.07, 6.45) is 0. The lowest BCUT2D eigenvalue weighted by Crippen LogP contribution is -2.03. The van der Waals surface area contributed by atoms with Crippen LogP contribution in [0.25, 0.3) is 0 Å². The molecular weight excluding hydrogens is 245 g/mol. The molecule has 0 radical (unpaired) electrons. The second-order valence-corrected chi connectivity index (χ2v) is 4.10. The molecule has 0 heterocycles. The van der Waals surface area contributed by atoms with Gasteiger partial charge in [-0.2, -0.15) is 0 Å². The van der Waals surface area contributed by atoms with E-state index in [4.69, 9.17) is 15.2 Å².